The first-order valence-electron chi connectivity index (χ1n) is 8.05. The monoisotopic (exact) mass is 382 g/mol. The van der Waals surface area contributed by atoms with Gasteiger partial charge in [-0.3, -0.25) is 9.59 Å². The highest BCUT2D eigenvalue weighted by atomic mass is 35.5. The zero-order valence-electron chi connectivity index (χ0n) is 14.0. The van der Waals surface area contributed by atoms with Gasteiger partial charge in [0.25, 0.3) is 5.24 Å². The Balaban J connectivity index is 2.06. The molecular formula is C20H12ClFN2O3. The number of ketones is 1. The molecule has 0 spiro atoms. The Morgan fingerprint density at radius 1 is 1.15 bits per heavy atom. The van der Waals surface area contributed by atoms with Crippen LogP contribution in [0, 0.1) is 12.7 Å². The molecule has 0 radical (unpaired) electrons. The summed E-state index contributed by atoms with van der Waals surface area (Å²) in [7, 11) is 0. The molecule has 0 atom stereocenters. The molecule has 0 aliphatic rings. The minimum absolute atomic E-state index is 0.00650. The molecule has 0 saturated carbocycles. The molecule has 0 aliphatic carbocycles. The molecule has 4 rings (SSSR count). The Hall–Kier alpha value is -3.25. The van der Waals surface area contributed by atoms with E-state index in [-0.39, 0.29) is 10.9 Å². The van der Waals surface area contributed by atoms with Crippen molar-refractivity contribution < 1.29 is 18.5 Å². The number of carbonyl (C=O) groups excluding carboxylic acids is 2. The summed E-state index contributed by atoms with van der Waals surface area (Å²) in [6, 6.07) is 13.2. The van der Waals surface area contributed by atoms with E-state index in [4.69, 9.17) is 16.1 Å². The van der Waals surface area contributed by atoms with E-state index in [2.05, 4.69) is 10.1 Å². The number of nitrogens with one attached hydrogen (secondary N) is 1. The number of rotatable bonds is 4. The van der Waals surface area contributed by atoms with E-state index in [0.29, 0.717) is 28.2 Å². The number of Topliss-reactive ketones (excluding diaryl/α,β-unsaturated/α-hetero) is 1. The van der Waals surface area contributed by atoms with Crippen molar-refractivity contribution in [2.45, 2.75) is 6.92 Å². The number of hydrogen-bond acceptors (Lipinski definition) is 4. The molecule has 0 fully saturated rings. The lowest BCUT2D eigenvalue weighted by molar-refractivity contribution is -0.108. The number of aromatic nitrogens is 2. The van der Waals surface area contributed by atoms with Gasteiger partial charge in [0.1, 0.15) is 17.3 Å². The van der Waals surface area contributed by atoms with Crippen LogP contribution in [-0.4, -0.2) is 21.2 Å². The third-order valence-corrected chi connectivity index (χ3v) is 4.50. The summed E-state index contributed by atoms with van der Waals surface area (Å²) in [5, 5.41) is 3.21. The number of nitrogens with zero attached hydrogens (tertiary/aromatic N) is 1. The highest BCUT2D eigenvalue weighted by molar-refractivity contribution is 6.83. The number of H-pyrrole nitrogens is 1. The van der Waals surface area contributed by atoms with Gasteiger partial charge in [-0.25, -0.2) is 4.39 Å². The van der Waals surface area contributed by atoms with Crippen LogP contribution in [0.3, 0.4) is 0 Å². The van der Waals surface area contributed by atoms with Gasteiger partial charge in [0.15, 0.2) is 0 Å². The molecule has 7 heteroatoms. The Morgan fingerprint density at radius 3 is 2.59 bits per heavy atom. The zero-order valence-corrected chi connectivity index (χ0v) is 14.8. The van der Waals surface area contributed by atoms with Gasteiger partial charge in [-0.1, -0.05) is 35.5 Å². The fraction of sp³-hybridized carbons (Fsp3) is 0.0500. The summed E-state index contributed by atoms with van der Waals surface area (Å²) in [5.74, 6) is -1.02. The molecule has 134 valence electrons. The number of aromatic amines is 1. The van der Waals surface area contributed by atoms with E-state index >= 15 is 0 Å². The van der Waals surface area contributed by atoms with Crippen LogP contribution in [0.5, 0.6) is 0 Å². The minimum atomic E-state index is -1.16. The number of benzene rings is 2. The SMILES string of the molecule is Cc1onc(-c2ccccc2)c1-c1[nH]c2ccc(F)cc2c1C(=O)C(=O)Cl. The summed E-state index contributed by atoms with van der Waals surface area (Å²) < 4.78 is 19.1. The molecule has 0 unspecified atom stereocenters. The Bertz CT molecular complexity index is 1190. The van der Waals surface area contributed by atoms with Crippen molar-refractivity contribution in [1.82, 2.24) is 10.1 Å². The smallest absolute Gasteiger partial charge is 0.293 e. The van der Waals surface area contributed by atoms with Crippen LogP contribution in [0.2, 0.25) is 0 Å². The average molecular weight is 383 g/mol. The van der Waals surface area contributed by atoms with E-state index in [1.165, 1.54) is 18.2 Å². The number of carbonyl (C=O) groups is 2. The van der Waals surface area contributed by atoms with Crippen molar-refractivity contribution in [3.63, 3.8) is 0 Å². The van der Waals surface area contributed by atoms with Gasteiger partial charge >= 0.3 is 0 Å². The number of fused-ring (bicyclic) bond motifs is 1. The van der Waals surface area contributed by atoms with Crippen LogP contribution >= 0.6 is 11.6 Å². The Labute approximate surface area is 157 Å². The van der Waals surface area contributed by atoms with Gasteiger partial charge in [0.2, 0.25) is 5.78 Å². The maximum Gasteiger partial charge on any atom is 0.293 e. The van der Waals surface area contributed by atoms with Crippen molar-refractivity contribution >= 4 is 33.5 Å². The summed E-state index contributed by atoms with van der Waals surface area (Å²) >= 11 is 5.45. The molecule has 0 amide bonds. The topological polar surface area (TPSA) is 76.0 Å². The van der Waals surface area contributed by atoms with E-state index in [1.54, 1.807) is 6.92 Å². The highest BCUT2D eigenvalue weighted by Crippen LogP contribution is 2.39. The molecule has 0 saturated heterocycles. The van der Waals surface area contributed by atoms with Crippen LogP contribution in [0.25, 0.3) is 33.4 Å². The molecule has 2 aromatic heterocycles. The second-order valence-corrected chi connectivity index (χ2v) is 6.34. The predicted molar refractivity (Wildman–Crippen MR) is 99.1 cm³/mol. The van der Waals surface area contributed by atoms with E-state index in [9.17, 15) is 14.0 Å². The van der Waals surface area contributed by atoms with E-state index in [1.807, 2.05) is 30.3 Å². The standard InChI is InChI=1S/C20H12ClFN2O3/c1-10-15(17(24-27-10)11-5-3-2-4-6-11)18-16(19(25)20(21)26)13-9-12(22)7-8-14(13)23-18/h2-9,23H,1H3. The van der Waals surface area contributed by atoms with Crippen molar-refractivity contribution in [1.29, 1.82) is 0 Å². The molecular weight excluding hydrogens is 371 g/mol. The maximum atomic E-state index is 13.8. The Kier molecular flexibility index (Phi) is 4.12. The second kappa shape index (κ2) is 6.48. The number of hydrogen-bond donors (Lipinski definition) is 1. The highest BCUT2D eigenvalue weighted by Gasteiger charge is 2.28. The molecule has 4 aromatic rings. The van der Waals surface area contributed by atoms with Gasteiger partial charge in [-0.2, -0.15) is 0 Å². The van der Waals surface area contributed by atoms with Crippen molar-refractivity contribution in [2.75, 3.05) is 0 Å². The lowest BCUT2D eigenvalue weighted by Gasteiger charge is -2.04. The first-order valence-corrected chi connectivity index (χ1v) is 8.42. The normalized spacial score (nSPS) is 11.1. The predicted octanol–water partition coefficient (Wildman–Crippen LogP) is 4.89. The summed E-state index contributed by atoms with van der Waals surface area (Å²) in [6.45, 7) is 1.69. The van der Waals surface area contributed by atoms with Crippen molar-refractivity contribution in [3.05, 3.63) is 65.7 Å². The van der Waals surface area contributed by atoms with Crippen LogP contribution in [0.1, 0.15) is 16.1 Å². The third kappa shape index (κ3) is 2.84. The fourth-order valence-electron chi connectivity index (χ4n) is 3.15. The largest absolute Gasteiger partial charge is 0.360 e. The van der Waals surface area contributed by atoms with Gasteiger partial charge in [0, 0.05) is 16.5 Å². The van der Waals surface area contributed by atoms with Gasteiger partial charge in [0.05, 0.1) is 16.8 Å². The third-order valence-electron chi connectivity index (χ3n) is 4.33. The first-order chi connectivity index (χ1) is 13.0. The van der Waals surface area contributed by atoms with Gasteiger partial charge in [-0.05, 0) is 36.7 Å². The molecule has 27 heavy (non-hydrogen) atoms. The molecule has 2 heterocycles. The molecule has 1 N–H and O–H groups in total. The zero-order chi connectivity index (χ0) is 19.1. The molecule has 0 bridgehead atoms. The molecule has 0 aliphatic heterocycles. The van der Waals surface area contributed by atoms with Crippen LogP contribution in [0.15, 0.2) is 53.1 Å². The van der Waals surface area contributed by atoms with Crippen molar-refractivity contribution in [3.8, 4) is 22.5 Å². The Morgan fingerprint density at radius 2 is 1.89 bits per heavy atom. The van der Waals surface area contributed by atoms with Gasteiger partial charge in [-0.15, -0.1) is 0 Å². The maximum absolute atomic E-state index is 13.8. The molecule has 5 nitrogen and oxygen atoms in total. The minimum Gasteiger partial charge on any atom is -0.360 e. The second-order valence-electron chi connectivity index (χ2n) is 6.00. The van der Waals surface area contributed by atoms with Crippen LogP contribution in [-0.2, 0) is 4.79 Å². The van der Waals surface area contributed by atoms with Crippen LogP contribution in [0.4, 0.5) is 4.39 Å². The quantitative estimate of drug-likeness (QED) is 0.310. The average Bonchev–Trinajstić information content (AvgIpc) is 3.21. The van der Waals surface area contributed by atoms with E-state index < -0.39 is 16.8 Å². The van der Waals surface area contributed by atoms with Crippen molar-refractivity contribution in [2.24, 2.45) is 0 Å². The summed E-state index contributed by atoms with van der Waals surface area (Å²) in [4.78, 5) is 27.2. The molecule has 2 aromatic carbocycles. The van der Waals surface area contributed by atoms with E-state index in [0.717, 1.165) is 5.56 Å². The summed E-state index contributed by atoms with van der Waals surface area (Å²) in [5.41, 5.74) is 2.58. The lowest BCUT2D eigenvalue weighted by Crippen LogP contribution is -2.08. The van der Waals surface area contributed by atoms with Gasteiger partial charge < -0.3 is 9.51 Å². The van der Waals surface area contributed by atoms with Crippen LogP contribution < -0.4 is 0 Å². The summed E-state index contributed by atoms with van der Waals surface area (Å²) in [6.07, 6.45) is 0. The number of aryl methyl sites for hydroxylation is 1. The lowest BCUT2D eigenvalue weighted by atomic mass is 9.98. The number of halogens is 2. The fourth-order valence-corrected chi connectivity index (χ4v) is 3.24. The first kappa shape index (κ1) is 17.2.